The minimum Gasteiger partial charge on any atom is -0.502 e. The molecule has 0 aliphatic heterocycles. The van der Waals surface area contributed by atoms with Gasteiger partial charge in [-0.1, -0.05) is 6.92 Å². The fourth-order valence-electron chi connectivity index (χ4n) is 1.71. The van der Waals surface area contributed by atoms with Gasteiger partial charge in [-0.2, -0.15) is 11.8 Å². The number of phenolic OH excluding ortho intramolecular Hbond substituents is 1. The third kappa shape index (κ3) is 4.84. The van der Waals surface area contributed by atoms with Gasteiger partial charge in [-0.3, -0.25) is 0 Å². The molecular formula is C14H23NO3S. The molecular weight excluding hydrogens is 262 g/mol. The summed E-state index contributed by atoms with van der Waals surface area (Å²) >= 11 is 1.87. The van der Waals surface area contributed by atoms with E-state index >= 15 is 0 Å². The van der Waals surface area contributed by atoms with Crippen LogP contribution in [0.5, 0.6) is 17.2 Å². The number of benzene rings is 1. The van der Waals surface area contributed by atoms with Crippen molar-refractivity contribution in [3.05, 3.63) is 17.7 Å². The molecule has 0 aliphatic rings. The lowest BCUT2D eigenvalue weighted by molar-refractivity contribution is 0.339. The molecule has 1 rings (SSSR count). The van der Waals surface area contributed by atoms with Crippen molar-refractivity contribution in [1.82, 2.24) is 5.32 Å². The summed E-state index contributed by atoms with van der Waals surface area (Å²) in [6.07, 6.45) is 3.26. The number of hydrogen-bond acceptors (Lipinski definition) is 5. The number of nitrogens with one attached hydrogen (secondary N) is 1. The Balaban J connectivity index is 2.58. The highest BCUT2D eigenvalue weighted by atomic mass is 32.2. The monoisotopic (exact) mass is 285 g/mol. The second kappa shape index (κ2) is 8.17. The zero-order chi connectivity index (χ0) is 14.3. The standard InChI is InChI=1S/C14H23NO3S/c1-10(19-4)5-6-15-9-11-7-12(17-2)14(16)13(8-11)18-3/h7-8,10,15-16H,5-6,9H2,1-4H3. The van der Waals surface area contributed by atoms with Gasteiger partial charge in [-0.15, -0.1) is 0 Å². The second-order valence-electron chi connectivity index (χ2n) is 4.36. The first-order chi connectivity index (χ1) is 9.12. The average molecular weight is 285 g/mol. The molecule has 108 valence electrons. The Bertz CT molecular complexity index is 373. The molecule has 19 heavy (non-hydrogen) atoms. The number of methoxy groups -OCH3 is 2. The maximum absolute atomic E-state index is 9.82. The first kappa shape index (κ1) is 16.0. The van der Waals surface area contributed by atoms with Crippen LogP contribution in [-0.4, -0.2) is 37.4 Å². The number of ether oxygens (including phenoxy) is 2. The molecule has 1 unspecified atom stereocenters. The van der Waals surface area contributed by atoms with Crippen LogP contribution in [0.3, 0.4) is 0 Å². The van der Waals surface area contributed by atoms with Crippen molar-refractivity contribution in [3.63, 3.8) is 0 Å². The van der Waals surface area contributed by atoms with E-state index in [-0.39, 0.29) is 5.75 Å². The Morgan fingerprint density at radius 1 is 1.26 bits per heavy atom. The SMILES string of the molecule is COc1cc(CNCCC(C)SC)cc(OC)c1O. The zero-order valence-electron chi connectivity index (χ0n) is 12.0. The number of hydrogen-bond donors (Lipinski definition) is 2. The molecule has 1 aromatic rings. The van der Waals surface area contributed by atoms with Crippen molar-refractivity contribution in [2.45, 2.75) is 25.1 Å². The highest BCUT2D eigenvalue weighted by Crippen LogP contribution is 2.36. The molecule has 0 heterocycles. The maximum atomic E-state index is 9.82. The normalized spacial score (nSPS) is 12.2. The summed E-state index contributed by atoms with van der Waals surface area (Å²) in [6, 6.07) is 3.64. The fourth-order valence-corrected chi connectivity index (χ4v) is 2.06. The van der Waals surface area contributed by atoms with E-state index in [1.807, 2.05) is 23.9 Å². The topological polar surface area (TPSA) is 50.7 Å². The molecule has 0 bridgehead atoms. The summed E-state index contributed by atoms with van der Waals surface area (Å²) in [6.45, 7) is 3.92. The number of aromatic hydroxyl groups is 1. The molecule has 1 atom stereocenters. The molecule has 5 heteroatoms. The summed E-state index contributed by atoms with van der Waals surface area (Å²) in [4.78, 5) is 0. The molecule has 2 N–H and O–H groups in total. The van der Waals surface area contributed by atoms with E-state index in [1.165, 1.54) is 14.2 Å². The summed E-state index contributed by atoms with van der Waals surface area (Å²) in [5, 5.41) is 13.9. The summed E-state index contributed by atoms with van der Waals surface area (Å²) in [5.74, 6) is 0.923. The molecule has 0 fully saturated rings. The highest BCUT2D eigenvalue weighted by Gasteiger charge is 2.10. The molecule has 0 radical (unpaired) electrons. The highest BCUT2D eigenvalue weighted by molar-refractivity contribution is 7.99. The van der Waals surface area contributed by atoms with Gasteiger partial charge in [0.15, 0.2) is 11.5 Å². The summed E-state index contributed by atoms with van der Waals surface area (Å²) in [7, 11) is 3.07. The van der Waals surface area contributed by atoms with Crippen molar-refractivity contribution in [2.24, 2.45) is 0 Å². The first-order valence-corrected chi connectivity index (χ1v) is 7.58. The van der Waals surface area contributed by atoms with E-state index in [9.17, 15) is 5.11 Å². The number of rotatable bonds is 8. The van der Waals surface area contributed by atoms with Crippen molar-refractivity contribution in [1.29, 1.82) is 0 Å². The third-order valence-electron chi connectivity index (χ3n) is 3.00. The van der Waals surface area contributed by atoms with Gasteiger partial charge in [-0.05, 0) is 36.9 Å². The first-order valence-electron chi connectivity index (χ1n) is 6.29. The van der Waals surface area contributed by atoms with Crippen molar-refractivity contribution in [3.8, 4) is 17.2 Å². The van der Waals surface area contributed by atoms with Gasteiger partial charge in [0.05, 0.1) is 14.2 Å². The van der Waals surface area contributed by atoms with Crippen LogP contribution in [0.25, 0.3) is 0 Å². The minimum atomic E-state index is 0.0461. The Morgan fingerprint density at radius 2 is 1.84 bits per heavy atom. The molecule has 0 saturated carbocycles. The zero-order valence-corrected chi connectivity index (χ0v) is 12.8. The van der Waals surface area contributed by atoms with E-state index in [0.29, 0.717) is 16.7 Å². The molecule has 0 amide bonds. The van der Waals surface area contributed by atoms with E-state index in [0.717, 1.165) is 25.1 Å². The van der Waals surface area contributed by atoms with Crippen LogP contribution in [-0.2, 0) is 6.54 Å². The largest absolute Gasteiger partial charge is 0.502 e. The lowest BCUT2D eigenvalue weighted by Crippen LogP contribution is -2.17. The predicted octanol–water partition coefficient (Wildman–Crippen LogP) is 2.64. The Morgan fingerprint density at radius 3 is 2.32 bits per heavy atom. The third-order valence-corrected chi connectivity index (χ3v) is 4.04. The van der Waals surface area contributed by atoms with E-state index in [1.54, 1.807) is 0 Å². The summed E-state index contributed by atoms with van der Waals surface area (Å²) in [5.41, 5.74) is 1.03. The number of phenols is 1. The fraction of sp³-hybridized carbons (Fsp3) is 0.571. The van der Waals surface area contributed by atoms with Gasteiger partial charge < -0.3 is 19.9 Å². The maximum Gasteiger partial charge on any atom is 0.200 e. The smallest absolute Gasteiger partial charge is 0.200 e. The molecule has 1 aromatic carbocycles. The lowest BCUT2D eigenvalue weighted by atomic mass is 10.1. The van der Waals surface area contributed by atoms with Crippen molar-refractivity contribution < 1.29 is 14.6 Å². The van der Waals surface area contributed by atoms with Gasteiger partial charge >= 0.3 is 0 Å². The van der Waals surface area contributed by atoms with Crippen molar-refractivity contribution >= 4 is 11.8 Å². The van der Waals surface area contributed by atoms with Crippen LogP contribution in [0, 0.1) is 0 Å². The molecule has 0 aliphatic carbocycles. The van der Waals surface area contributed by atoms with Crippen LogP contribution < -0.4 is 14.8 Å². The molecule has 4 nitrogen and oxygen atoms in total. The van der Waals surface area contributed by atoms with Gasteiger partial charge in [0, 0.05) is 11.8 Å². The molecule has 0 saturated heterocycles. The quantitative estimate of drug-likeness (QED) is 0.719. The average Bonchev–Trinajstić information content (AvgIpc) is 2.44. The van der Waals surface area contributed by atoms with Gasteiger partial charge in [-0.25, -0.2) is 0 Å². The van der Waals surface area contributed by atoms with Crippen molar-refractivity contribution in [2.75, 3.05) is 27.0 Å². The van der Waals surface area contributed by atoms with E-state index < -0.39 is 0 Å². The number of thioether (sulfide) groups is 1. The van der Waals surface area contributed by atoms with Crippen LogP contribution in [0.2, 0.25) is 0 Å². The molecule has 0 spiro atoms. The van der Waals surface area contributed by atoms with E-state index in [2.05, 4.69) is 18.5 Å². The minimum absolute atomic E-state index is 0.0461. The molecule has 0 aromatic heterocycles. The Labute approximate surface area is 119 Å². The van der Waals surface area contributed by atoms with Gasteiger partial charge in [0.2, 0.25) is 5.75 Å². The van der Waals surface area contributed by atoms with E-state index in [4.69, 9.17) is 9.47 Å². The predicted molar refractivity (Wildman–Crippen MR) is 80.5 cm³/mol. The van der Waals surface area contributed by atoms with Crippen LogP contribution in [0.15, 0.2) is 12.1 Å². The Kier molecular flexibility index (Phi) is 6.87. The lowest BCUT2D eigenvalue weighted by Gasteiger charge is -2.12. The van der Waals surface area contributed by atoms with Gasteiger partial charge in [0.25, 0.3) is 0 Å². The van der Waals surface area contributed by atoms with Crippen LogP contribution >= 0.6 is 11.8 Å². The van der Waals surface area contributed by atoms with Crippen LogP contribution in [0.1, 0.15) is 18.9 Å². The second-order valence-corrected chi connectivity index (χ2v) is 5.64. The summed E-state index contributed by atoms with van der Waals surface area (Å²) < 4.78 is 10.3. The van der Waals surface area contributed by atoms with Crippen LogP contribution in [0.4, 0.5) is 0 Å². The Hall–Kier alpha value is -1.07. The van der Waals surface area contributed by atoms with Gasteiger partial charge in [0.1, 0.15) is 0 Å².